The molecule has 0 fully saturated rings. The maximum absolute atomic E-state index is 10.4. The molecule has 0 aliphatic carbocycles. The van der Waals surface area contributed by atoms with Gasteiger partial charge >= 0.3 is 0 Å². The molecule has 0 aliphatic rings. The largest absolute Gasteiger partial charge is 0.455 e. The highest BCUT2D eigenvalue weighted by molar-refractivity contribution is 6.23. The Morgan fingerprint density at radius 2 is 1.09 bits per heavy atom. The summed E-state index contributed by atoms with van der Waals surface area (Å²) in [6.45, 7) is 0. The van der Waals surface area contributed by atoms with Crippen molar-refractivity contribution in [1.29, 1.82) is 5.26 Å². The Balaban J connectivity index is 1.19. The number of rotatable bonds is 3. The topological polar surface area (TPSA) is 46.8 Å². The van der Waals surface area contributed by atoms with Crippen molar-refractivity contribution in [3.63, 3.8) is 0 Å². The first-order valence-electron chi connectivity index (χ1n) is 15.8. The number of aromatic nitrogens is 2. The first-order chi connectivity index (χ1) is 23.3. The zero-order chi connectivity index (χ0) is 31.1. The first-order valence-corrected chi connectivity index (χ1v) is 15.8. The highest BCUT2D eigenvalue weighted by atomic mass is 16.3. The third-order valence-electron chi connectivity index (χ3n) is 9.58. The lowest BCUT2D eigenvalue weighted by Gasteiger charge is -2.16. The third kappa shape index (κ3) is 3.57. The fourth-order valence-corrected chi connectivity index (χ4v) is 7.57. The number of hydrogen-bond acceptors (Lipinski definition) is 2. The van der Waals surface area contributed by atoms with Gasteiger partial charge in [0.2, 0.25) is 0 Å². The molecule has 10 rings (SSSR count). The molecule has 7 aromatic carbocycles. The molecule has 0 saturated carbocycles. The van der Waals surface area contributed by atoms with Gasteiger partial charge in [0.15, 0.2) is 0 Å². The van der Waals surface area contributed by atoms with Crippen molar-refractivity contribution in [2.45, 2.75) is 0 Å². The average molecular weight is 600 g/mol. The summed E-state index contributed by atoms with van der Waals surface area (Å²) in [5, 5.41) is 17.2. The van der Waals surface area contributed by atoms with Crippen LogP contribution in [0.4, 0.5) is 0 Å². The minimum atomic E-state index is 0.635. The van der Waals surface area contributed by atoms with Crippen LogP contribution in [0.5, 0.6) is 0 Å². The second-order valence-electron chi connectivity index (χ2n) is 12.0. The van der Waals surface area contributed by atoms with Gasteiger partial charge in [0.05, 0.1) is 38.7 Å². The summed E-state index contributed by atoms with van der Waals surface area (Å²) in [6, 6.07) is 55.2. The standard InChI is InChI=1S/C43H25N3O/c44-26-28-10-9-15-30(42(28)46-36-16-5-1-11-31(36)32-12-2-6-17-37(32)46)27-20-22-29(23-21-27)45-38-18-7-3-14-35(38)41-39(45)25-24-34-33-13-4-8-19-40(33)47-43(34)41/h1-25H. The van der Waals surface area contributed by atoms with E-state index < -0.39 is 0 Å². The van der Waals surface area contributed by atoms with E-state index >= 15 is 0 Å². The maximum atomic E-state index is 10.4. The summed E-state index contributed by atoms with van der Waals surface area (Å²) in [5.41, 5.74) is 10.8. The predicted octanol–water partition coefficient (Wildman–Crippen LogP) is 11.3. The number of para-hydroxylation sites is 5. The normalized spacial score (nSPS) is 11.8. The number of furan rings is 1. The quantitative estimate of drug-likeness (QED) is 0.203. The molecule has 218 valence electrons. The van der Waals surface area contributed by atoms with Crippen LogP contribution in [-0.4, -0.2) is 9.13 Å². The predicted molar refractivity (Wildman–Crippen MR) is 193 cm³/mol. The van der Waals surface area contributed by atoms with Gasteiger partial charge in [0.25, 0.3) is 0 Å². The second-order valence-corrected chi connectivity index (χ2v) is 12.0. The summed E-state index contributed by atoms with van der Waals surface area (Å²) in [7, 11) is 0. The molecule has 10 aromatic rings. The maximum Gasteiger partial charge on any atom is 0.145 e. The smallest absolute Gasteiger partial charge is 0.145 e. The van der Waals surface area contributed by atoms with E-state index in [4.69, 9.17) is 4.42 Å². The van der Waals surface area contributed by atoms with Crippen LogP contribution in [-0.2, 0) is 0 Å². The van der Waals surface area contributed by atoms with Gasteiger partial charge in [-0.15, -0.1) is 0 Å². The molecule has 3 heterocycles. The van der Waals surface area contributed by atoms with Crippen LogP contribution in [0.2, 0.25) is 0 Å². The lowest BCUT2D eigenvalue weighted by atomic mass is 9.99. The fourth-order valence-electron chi connectivity index (χ4n) is 7.57. The Morgan fingerprint density at radius 1 is 0.468 bits per heavy atom. The van der Waals surface area contributed by atoms with E-state index in [0.717, 1.165) is 77.3 Å². The number of nitrogens with zero attached hydrogens (tertiary/aromatic N) is 3. The van der Waals surface area contributed by atoms with Gasteiger partial charge in [0, 0.05) is 38.2 Å². The summed E-state index contributed by atoms with van der Waals surface area (Å²) in [5.74, 6) is 0. The molecule has 0 radical (unpaired) electrons. The van der Waals surface area contributed by atoms with Crippen LogP contribution < -0.4 is 0 Å². The zero-order valence-corrected chi connectivity index (χ0v) is 25.2. The second kappa shape index (κ2) is 9.71. The Hall–Kier alpha value is -6.57. The lowest BCUT2D eigenvalue weighted by molar-refractivity contribution is 0.673. The lowest BCUT2D eigenvalue weighted by Crippen LogP contribution is -2.01. The van der Waals surface area contributed by atoms with Crippen molar-refractivity contribution in [2.24, 2.45) is 0 Å². The summed E-state index contributed by atoms with van der Waals surface area (Å²) in [4.78, 5) is 0. The van der Waals surface area contributed by atoms with Crippen molar-refractivity contribution >= 4 is 65.6 Å². The number of benzene rings is 7. The van der Waals surface area contributed by atoms with Crippen LogP contribution in [0.1, 0.15) is 5.56 Å². The van der Waals surface area contributed by atoms with Gasteiger partial charge in [-0.25, -0.2) is 0 Å². The molecule has 3 aromatic heterocycles. The van der Waals surface area contributed by atoms with E-state index in [1.807, 2.05) is 24.3 Å². The van der Waals surface area contributed by atoms with E-state index in [1.54, 1.807) is 0 Å². The molecule has 4 nitrogen and oxygen atoms in total. The Labute approximate surface area is 269 Å². The number of hydrogen-bond donors (Lipinski definition) is 0. The average Bonchev–Trinajstić information content (AvgIpc) is 3.79. The molecule has 0 spiro atoms. The molecular weight excluding hydrogens is 574 g/mol. The van der Waals surface area contributed by atoms with Crippen LogP contribution in [0.3, 0.4) is 0 Å². The number of fused-ring (bicyclic) bond motifs is 10. The molecule has 0 amide bonds. The fraction of sp³-hybridized carbons (Fsp3) is 0. The monoisotopic (exact) mass is 599 g/mol. The minimum Gasteiger partial charge on any atom is -0.455 e. The molecule has 0 saturated heterocycles. The van der Waals surface area contributed by atoms with E-state index in [9.17, 15) is 5.26 Å². The molecule has 0 bridgehead atoms. The Morgan fingerprint density at radius 3 is 1.79 bits per heavy atom. The van der Waals surface area contributed by atoms with E-state index in [2.05, 4.69) is 143 Å². The Kier molecular flexibility index (Phi) is 5.32. The molecule has 0 aliphatic heterocycles. The summed E-state index contributed by atoms with van der Waals surface area (Å²) >= 11 is 0. The van der Waals surface area contributed by atoms with Gasteiger partial charge in [0.1, 0.15) is 17.2 Å². The van der Waals surface area contributed by atoms with Crippen molar-refractivity contribution in [3.8, 4) is 28.6 Å². The Bertz CT molecular complexity index is 2860. The molecule has 4 heteroatoms. The van der Waals surface area contributed by atoms with Gasteiger partial charge < -0.3 is 13.6 Å². The van der Waals surface area contributed by atoms with Gasteiger partial charge in [-0.1, -0.05) is 97.1 Å². The van der Waals surface area contributed by atoms with Gasteiger partial charge in [-0.3, -0.25) is 0 Å². The molecule has 0 atom stereocenters. The van der Waals surface area contributed by atoms with E-state index in [0.29, 0.717) is 5.56 Å². The van der Waals surface area contributed by atoms with Crippen LogP contribution in [0.25, 0.3) is 88.1 Å². The van der Waals surface area contributed by atoms with E-state index in [1.165, 1.54) is 10.8 Å². The highest BCUT2D eigenvalue weighted by Crippen LogP contribution is 2.42. The van der Waals surface area contributed by atoms with Crippen LogP contribution in [0.15, 0.2) is 156 Å². The summed E-state index contributed by atoms with van der Waals surface area (Å²) < 4.78 is 11.1. The third-order valence-corrected chi connectivity index (χ3v) is 9.58. The number of nitriles is 1. The molecule has 0 unspecified atom stereocenters. The van der Waals surface area contributed by atoms with Crippen molar-refractivity contribution in [1.82, 2.24) is 9.13 Å². The molecule has 0 N–H and O–H groups in total. The SMILES string of the molecule is N#Cc1cccc(-c2ccc(-n3c4ccccc4c4c5oc6ccccc6c5ccc43)cc2)c1-n1c2ccccc2c2ccccc21. The summed E-state index contributed by atoms with van der Waals surface area (Å²) in [6.07, 6.45) is 0. The highest BCUT2D eigenvalue weighted by Gasteiger charge is 2.20. The first kappa shape index (κ1) is 25.7. The van der Waals surface area contributed by atoms with E-state index in [-0.39, 0.29) is 0 Å². The van der Waals surface area contributed by atoms with Gasteiger partial charge in [-0.05, 0) is 60.2 Å². The van der Waals surface area contributed by atoms with Crippen molar-refractivity contribution in [3.05, 3.63) is 157 Å². The minimum absolute atomic E-state index is 0.635. The van der Waals surface area contributed by atoms with Gasteiger partial charge in [-0.2, -0.15) is 5.26 Å². The van der Waals surface area contributed by atoms with Crippen LogP contribution >= 0.6 is 0 Å². The van der Waals surface area contributed by atoms with Crippen LogP contribution in [0, 0.1) is 11.3 Å². The molecular formula is C43H25N3O. The molecule has 47 heavy (non-hydrogen) atoms. The van der Waals surface area contributed by atoms with Crippen molar-refractivity contribution < 1.29 is 4.42 Å². The zero-order valence-electron chi connectivity index (χ0n) is 25.2. The van der Waals surface area contributed by atoms with Crippen molar-refractivity contribution in [2.75, 3.05) is 0 Å².